The minimum absolute atomic E-state index is 0.138. The molecule has 4 N–H and O–H groups in total. The predicted octanol–water partition coefficient (Wildman–Crippen LogP) is 1.51. The predicted molar refractivity (Wildman–Crippen MR) is 74.0 cm³/mol. The topological polar surface area (TPSA) is 84.0 Å². The molecule has 0 bridgehead atoms. The second-order valence-electron chi connectivity index (χ2n) is 5.41. The molecule has 5 heteroatoms. The molecule has 1 aliphatic rings. The first kappa shape index (κ1) is 12.4. The SMILES string of the molecule is CNC(c1ccc2[nH]c(=O)oc2c1)C1(CN)CCC1. The zero-order chi connectivity index (χ0) is 13.5. The number of hydrogen-bond acceptors (Lipinski definition) is 4. The Bertz CT molecular complexity index is 634. The summed E-state index contributed by atoms with van der Waals surface area (Å²) in [5.74, 6) is -0.412. The number of fused-ring (bicyclic) bond motifs is 1. The molecule has 0 aliphatic heterocycles. The summed E-state index contributed by atoms with van der Waals surface area (Å²) >= 11 is 0. The van der Waals surface area contributed by atoms with E-state index in [0.29, 0.717) is 12.1 Å². The molecule has 0 amide bonds. The van der Waals surface area contributed by atoms with E-state index in [2.05, 4.69) is 10.3 Å². The molecule has 1 heterocycles. The van der Waals surface area contributed by atoms with E-state index >= 15 is 0 Å². The van der Waals surface area contributed by atoms with Gasteiger partial charge in [0.2, 0.25) is 0 Å². The second-order valence-corrected chi connectivity index (χ2v) is 5.41. The Morgan fingerprint density at radius 3 is 2.89 bits per heavy atom. The number of benzene rings is 1. The summed E-state index contributed by atoms with van der Waals surface area (Å²) in [7, 11) is 1.96. The first-order valence-electron chi connectivity index (χ1n) is 6.69. The van der Waals surface area contributed by atoms with Crippen molar-refractivity contribution in [3.8, 4) is 0 Å². The fourth-order valence-electron chi connectivity index (χ4n) is 3.21. The average molecular weight is 261 g/mol. The molecule has 1 aliphatic carbocycles. The van der Waals surface area contributed by atoms with Crippen molar-refractivity contribution in [3.05, 3.63) is 34.3 Å². The Morgan fingerprint density at radius 1 is 1.53 bits per heavy atom. The summed E-state index contributed by atoms with van der Waals surface area (Å²) in [5.41, 5.74) is 8.59. The van der Waals surface area contributed by atoms with E-state index in [1.54, 1.807) is 0 Å². The molecule has 1 saturated carbocycles. The molecule has 1 aromatic carbocycles. The lowest BCUT2D eigenvalue weighted by Gasteiger charge is -2.47. The van der Waals surface area contributed by atoms with E-state index in [1.807, 2.05) is 25.2 Å². The maximum atomic E-state index is 11.2. The van der Waals surface area contributed by atoms with E-state index in [-0.39, 0.29) is 11.5 Å². The molecule has 1 atom stereocenters. The van der Waals surface area contributed by atoms with Crippen LogP contribution in [-0.2, 0) is 0 Å². The van der Waals surface area contributed by atoms with Crippen molar-refractivity contribution in [2.45, 2.75) is 25.3 Å². The van der Waals surface area contributed by atoms with E-state index in [1.165, 1.54) is 6.42 Å². The summed E-state index contributed by atoms with van der Waals surface area (Å²) in [6, 6.07) is 6.06. The smallest absolute Gasteiger partial charge is 0.408 e. The Balaban J connectivity index is 2.03. The van der Waals surface area contributed by atoms with E-state index in [4.69, 9.17) is 10.2 Å². The molecule has 1 unspecified atom stereocenters. The fourth-order valence-corrected chi connectivity index (χ4v) is 3.21. The largest absolute Gasteiger partial charge is 0.417 e. The molecule has 1 aromatic heterocycles. The number of aromatic nitrogens is 1. The normalized spacial score (nSPS) is 19.3. The number of hydrogen-bond donors (Lipinski definition) is 3. The number of oxazole rings is 1. The number of H-pyrrole nitrogens is 1. The molecule has 5 nitrogen and oxygen atoms in total. The summed E-state index contributed by atoms with van der Waals surface area (Å²) in [6.07, 6.45) is 3.52. The highest BCUT2D eigenvalue weighted by molar-refractivity contribution is 5.73. The van der Waals surface area contributed by atoms with Crippen molar-refractivity contribution >= 4 is 11.1 Å². The number of nitrogens with two attached hydrogens (primary N) is 1. The second kappa shape index (κ2) is 4.51. The van der Waals surface area contributed by atoms with Crippen molar-refractivity contribution in [2.75, 3.05) is 13.6 Å². The molecule has 19 heavy (non-hydrogen) atoms. The lowest BCUT2D eigenvalue weighted by molar-refractivity contribution is 0.0880. The molecule has 2 aromatic rings. The van der Waals surface area contributed by atoms with Gasteiger partial charge in [0, 0.05) is 11.5 Å². The van der Waals surface area contributed by atoms with Crippen LogP contribution in [0.3, 0.4) is 0 Å². The summed E-state index contributed by atoms with van der Waals surface area (Å²) in [4.78, 5) is 13.9. The van der Waals surface area contributed by atoms with E-state index in [0.717, 1.165) is 23.9 Å². The molecule has 0 spiro atoms. The first-order chi connectivity index (χ1) is 9.18. The third-order valence-electron chi connectivity index (χ3n) is 4.44. The van der Waals surface area contributed by atoms with Crippen LogP contribution in [0.1, 0.15) is 30.9 Å². The number of rotatable bonds is 4. The fraction of sp³-hybridized carbons (Fsp3) is 0.500. The van der Waals surface area contributed by atoms with Crippen molar-refractivity contribution in [2.24, 2.45) is 11.1 Å². The Labute approximate surface area is 111 Å². The van der Waals surface area contributed by atoms with Gasteiger partial charge in [0.05, 0.1) is 5.52 Å². The van der Waals surface area contributed by atoms with Gasteiger partial charge in [-0.3, -0.25) is 4.98 Å². The Hall–Kier alpha value is -1.59. The van der Waals surface area contributed by atoms with Gasteiger partial charge < -0.3 is 15.5 Å². The van der Waals surface area contributed by atoms with Gasteiger partial charge >= 0.3 is 5.76 Å². The molecule has 1 fully saturated rings. The zero-order valence-corrected chi connectivity index (χ0v) is 11.0. The molecule has 3 rings (SSSR count). The van der Waals surface area contributed by atoms with Crippen LogP contribution >= 0.6 is 0 Å². The maximum absolute atomic E-state index is 11.2. The monoisotopic (exact) mass is 261 g/mol. The van der Waals surface area contributed by atoms with Gasteiger partial charge in [0.1, 0.15) is 0 Å². The summed E-state index contributed by atoms with van der Waals surface area (Å²) < 4.78 is 5.13. The molecular weight excluding hydrogens is 242 g/mol. The van der Waals surface area contributed by atoms with Crippen LogP contribution in [0.2, 0.25) is 0 Å². The lowest BCUT2D eigenvalue weighted by atomic mass is 9.62. The van der Waals surface area contributed by atoms with Gasteiger partial charge in [-0.25, -0.2) is 4.79 Å². The highest BCUT2D eigenvalue weighted by Crippen LogP contribution is 2.49. The van der Waals surface area contributed by atoms with Gasteiger partial charge in [-0.05, 0) is 44.1 Å². The van der Waals surface area contributed by atoms with Gasteiger partial charge in [0.25, 0.3) is 0 Å². The highest BCUT2D eigenvalue weighted by atomic mass is 16.4. The summed E-state index contributed by atoms with van der Waals surface area (Å²) in [5, 5.41) is 3.37. The zero-order valence-electron chi connectivity index (χ0n) is 11.0. The molecule has 102 valence electrons. The minimum atomic E-state index is -0.412. The van der Waals surface area contributed by atoms with Crippen LogP contribution < -0.4 is 16.8 Å². The van der Waals surface area contributed by atoms with Crippen molar-refractivity contribution < 1.29 is 4.42 Å². The van der Waals surface area contributed by atoms with Gasteiger partial charge in [-0.1, -0.05) is 12.5 Å². The average Bonchev–Trinajstić information content (AvgIpc) is 2.72. The molecule has 0 radical (unpaired) electrons. The standard InChI is InChI=1S/C14H19N3O2/c1-16-12(14(8-15)5-2-6-14)9-3-4-10-11(7-9)19-13(18)17-10/h3-4,7,12,16H,2,5-6,8,15H2,1H3,(H,17,18). The molecule has 0 saturated heterocycles. The van der Waals surface area contributed by atoms with Gasteiger partial charge in [-0.15, -0.1) is 0 Å². The van der Waals surface area contributed by atoms with E-state index < -0.39 is 5.76 Å². The van der Waals surface area contributed by atoms with Crippen LogP contribution in [-0.4, -0.2) is 18.6 Å². The van der Waals surface area contributed by atoms with Crippen LogP contribution in [0.25, 0.3) is 11.1 Å². The van der Waals surface area contributed by atoms with Crippen LogP contribution in [0.15, 0.2) is 27.4 Å². The quantitative estimate of drug-likeness (QED) is 0.779. The summed E-state index contributed by atoms with van der Waals surface area (Å²) in [6.45, 7) is 0.674. The van der Waals surface area contributed by atoms with Gasteiger partial charge in [-0.2, -0.15) is 0 Å². The first-order valence-corrected chi connectivity index (χ1v) is 6.69. The highest BCUT2D eigenvalue weighted by Gasteiger charge is 2.43. The molecular formula is C14H19N3O2. The lowest BCUT2D eigenvalue weighted by Crippen LogP contribution is -2.47. The Kier molecular flexibility index (Phi) is 2.95. The van der Waals surface area contributed by atoms with Crippen molar-refractivity contribution in [1.82, 2.24) is 10.3 Å². The third-order valence-corrected chi connectivity index (χ3v) is 4.44. The maximum Gasteiger partial charge on any atom is 0.417 e. The van der Waals surface area contributed by atoms with Crippen molar-refractivity contribution in [3.63, 3.8) is 0 Å². The number of aromatic amines is 1. The Morgan fingerprint density at radius 2 is 2.32 bits per heavy atom. The minimum Gasteiger partial charge on any atom is -0.408 e. The van der Waals surface area contributed by atoms with Crippen LogP contribution in [0.5, 0.6) is 0 Å². The van der Waals surface area contributed by atoms with Crippen molar-refractivity contribution in [1.29, 1.82) is 0 Å². The van der Waals surface area contributed by atoms with Crippen LogP contribution in [0.4, 0.5) is 0 Å². The van der Waals surface area contributed by atoms with Crippen LogP contribution in [0, 0.1) is 5.41 Å². The van der Waals surface area contributed by atoms with E-state index in [9.17, 15) is 4.79 Å². The number of nitrogens with one attached hydrogen (secondary N) is 2. The third kappa shape index (κ3) is 1.89. The van der Waals surface area contributed by atoms with Gasteiger partial charge in [0.15, 0.2) is 5.58 Å².